The van der Waals surface area contributed by atoms with E-state index in [4.69, 9.17) is 18.9 Å². The van der Waals surface area contributed by atoms with Gasteiger partial charge >= 0.3 is 23.9 Å². The van der Waals surface area contributed by atoms with Crippen LogP contribution in [0.1, 0.15) is 41.4 Å². The van der Waals surface area contributed by atoms with Crippen LogP contribution in [0.15, 0.2) is 48.5 Å². The second kappa shape index (κ2) is 8.81. The maximum Gasteiger partial charge on any atom is 0.338 e. The zero-order valence-electron chi connectivity index (χ0n) is 14.7. The molecule has 8 nitrogen and oxygen atoms in total. The molecule has 0 unspecified atom stereocenters. The van der Waals surface area contributed by atoms with Gasteiger partial charge < -0.3 is 18.9 Å². The summed E-state index contributed by atoms with van der Waals surface area (Å²) in [5.74, 6) is -2.44. The lowest BCUT2D eigenvalue weighted by atomic mass is 10.1. The predicted octanol–water partition coefficient (Wildman–Crippen LogP) is 2.03. The molecule has 0 radical (unpaired) electrons. The minimum absolute atomic E-state index is 0.126. The number of hydrogen-bond donors (Lipinski definition) is 0. The molecule has 4 aliphatic heterocycles. The van der Waals surface area contributed by atoms with Crippen molar-refractivity contribution in [1.82, 2.24) is 0 Å². The normalized spacial score (nSPS) is 16.0. The number of ether oxygens (including phenoxy) is 4. The minimum atomic E-state index is -0.610. The van der Waals surface area contributed by atoms with Crippen molar-refractivity contribution in [3.63, 3.8) is 0 Å². The molecule has 8 heteroatoms. The number of benzene rings is 2. The number of rotatable bonds is 0. The Morgan fingerprint density at radius 1 is 0.393 bits per heavy atom. The van der Waals surface area contributed by atoms with Crippen LogP contribution in [0.25, 0.3) is 0 Å². The number of esters is 4. The lowest BCUT2D eigenvalue weighted by molar-refractivity contribution is 0.0260. The number of carbonyl (C=O) groups excluding carboxylic acids is 4. The van der Waals surface area contributed by atoms with E-state index in [1.807, 2.05) is 0 Å². The Bertz CT molecular complexity index is 734. The van der Waals surface area contributed by atoms with Gasteiger partial charge in [0.1, 0.15) is 26.4 Å². The topological polar surface area (TPSA) is 105 Å². The molecule has 0 saturated carbocycles. The van der Waals surface area contributed by atoms with Gasteiger partial charge in [-0.1, -0.05) is 0 Å². The number of carbonyl (C=O) groups is 4. The van der Waals surface area contributed by atoms with E-state index in [9.17, 15) is 19.2 Å². The van der Waals surface area contributed by atoms with Gasteiger partial charge in [-0.2, -0.15) is 0 Å². The fourth-order valence-corrected chi connectivity index (χ4v) is 2.36. The molecule has 144 valence electrons. The average Bonchev–Trinajstić information content (AvgIpc) is 2.73. The Hall–Kier alpha value is -3.68. The van der Waals surface area contributed by atoms with Crippen molar-refractivity contribution in [1.29, 1.82) is 0 Å². The molecule has 0 amide bonds. The molecule has 6 rings (SSSR count). The largest absolute Gasteiger partial charge is 0.458 e. The van der Waals surface area contributed by atoms with Crippen molar-refractivity contribution < 1.29 is 38.1 Å². The molecule has 2 aromatic carbocycles. The Balaban J connectivity index is 1.74. The van der Waals surface area contributed by atoms with Crippen molar-refractivity contribution in [2.24, 2.45) is 0 Å². The van der Waals surface area contributed by atoms with Gasteiger partial charge in [-0.15, -0.1) is 0 Å². The van der Waals surface area contributed by atoms with E-state index in [1.165, 1.54) is 48.5 Å². The van der Waals surface area contributed by atoms with Gasteiger partial charge in [0.25, 0.3) is 0 Å². The SMILES string of the molecule is O=C1OCCOC(=O)c2ccc(cc2)C(=O)OCCOC(=O)c2ccc1cc2. The zero-order chi connectivity index (χ0) is 19.9. The van der Waals surface area contributed by atoms with Crippen molar-refractivity contribution in [2.45, 2.75) is 0 Å². The molecule has 4 bridgehead atoms. The summed E-state index contributed by atoms with van der Waals surface area (Å²) in [6.07, 6.45) is 0. The fraction of sp³-hybridized carbons (Fsp3) is 0.200. The van der Waals surface area contributed by atoms with Gasteiger partial charge in [0.05, 0.1) is 22.3 Å². The fourth-order valence-electron chi connectivity index (χ4n) is 2.36. The van der Waals surface area contributed by atoms with Crippen LogP contribution >= 0.6 is 0 Å². The Morgan fingerprint density at radius 3 is 0.750 bits per heavy atom. The molecule has 0 aliphatic carbocycles. The summed E-state index contributed by atoms with van der Waals surface area (Å²) in [5.41, 5.74) is 0.951. The molecule has 4 aliphatic rings. The summed E-state index contributed by atoms with van der Waals surface area (Å²) in [4.78, 5) is 47.8. The molecule has 2 aromatic rings. The monoisotopic (exact) mass is 384 g/mol. The van der Waals surface area contributed by atoms with Crippen molar-refractivity contribution >= 4 is 23.9 Å². The lowest BCUT2D eigenvalue weighted by Gasteiger charge is -2.09. The van der Waals surface area contributed by atoms with Crippen LogP contribution in [0.5, 0.6) is 0 Å². The van der Waals surface area contributed by atoms with Crippen LogP contribution in [0.3, 0.4) is 0 Å². The van der Waals surface area contributed by atoms with Gasteiger partial charge in [-0.3, -0.25) is 0 Å². The maximum atomic E-state index is 12.0. The molecule has 4 heterocycles. The van der Waals surface area contributed by atoms with Gasteiger partial charge in [0.15, 0.2) is 0 Å². The van der Waals surface area contributed by atoms with Crippen LogP contribution in [0.2, 0.25) is 0 Å². The smallest absolute Gasteiger partial charge is 0.338 e. The van der Waals surface area contributed by atoms with E-state index < -0.39 is 23.9 Å². The third-order valence-corrected chi connectivity index (χ3v) is 3.81. The van der Waals surface area contributed by atoms with Gasteiger partial charge in [0, 0.05) is 0 Å². The summed E-state index contributed by atoms with van der Waals surface area (Å²) in [6.45, 7) is -0.505. The highest BCUT2D eigenvalue weighted by Gasteiger charge is 2.14. The second-order valence-corrected chi connectivity index (χ2v) is 5.70. The highest BCUT2D eigenvalue weighted by atomic mass is 16.6. The van der Waals surface area contributed by atoms with Gasteiger partial charge in [-0.05, 0) is 48.5 Å². The van der Waals surface area contributed by atoms with Crippen molar-refractivity contribution in [2.75, 3.05) is 26.4 Å². The van der Waals surface area contributed by atoms with Gasteiger partial charge in [0.2, 0.25) is 0 Å². The lowest BCUT2D eigenvalue weighted by Crippen LogP contribution is -2.16. The molecular formula is C20H16O8. The molecule has 0 N–H and O–H groups in total. The molecular weight excluding hydrogens is 368 g/mol. The summed E-state index contributed by atoms with van der Waals surface area (Å²) < 4.78 is 20.1. The Kier molecular flexibility index (Phi) is 6.01. The molecule has 0 spiro atoms. The third kappa shape index (κ3) is 4.73. The quantitative estimate of drug-likeness (QED) is 0.502. The summed E-state index contributed by atoms with van der Waals surface area (Å²) in [7, 11) is 0. The zero-order valence-corrected chi connectivity index (χ0v) is 14.7. The number of hydrogen-bond acceptors (Lipinski definition) is 8. The Morgan fingerprint density at radius 2 is 0.571 bits per heavy atom. The van der Waals surface area contributed by atoms with Crippen LogP contribution in [0, 0.1) is 0 Å². The first-order valence-corrected chi connectivity index (χ1v) is 8.43. The standard InChI is InChI=1S/C20H16O8/c21-17-13-1-2-14(4-3-13)18(22)26-11-12-28-20(24)16-7-5-15(6-8-16)19(23)27-10-9-25-17/h1-8H,9-12H2. The van der Waals surface area contributed by atoms with Crippen molar-refractivity contribution in [3.8, 4) is 0 Å². The minimum Gasteiger partial charge on any atom is -0.458 e. The second-order valence-electron chi connectivity index (χ2n) is 5.70. The first-order chi connectivity index (χ1) is 13.5. The first-order valence-electron chi connectivity index (χ1n) is 8.43. The first kappa shape index (κ1) is 19.1. The van der Waals surface area contributed by atoms with Crippen LogP contribution in [-0.2, 0) is 18.9 Å². The highest BCUT2D eigenvalue weighted by molar-refractivity contribution is 5.94. The molecule has 0 saturated heterocycles. The van der Waals surface area contributed by atoms with Crippen molar-refractivity contribution in [3.05, 3.63) is 70.8 Å². The van der Waals surface area contributed by atoms with E-state index in [0.29, 0.717) is 0 Å². The predicted molar refractivity (Wildman–Crippen MR) is 94.0 cm³/mol. The van der Waals surface area contributed by atoms with E-state index in [-0.39, 0.29) is 48.7 Å². The Labute approximate surface area is 160 Å². The van der Waals surface area contributed by atoms with E-state index in [0.717, 1.165) is 0 Å². The molecule has 0 atom stereocenters. The molecule has 0 aromatic heterocycles. The van der Waals surface area contributed by atoms with Gasteiger partial charge in [-0.25, -0.2) is 19.2 Å². The summed E-state index contributed by atoms with van der Waals surface area (Å²) >= 11 is 0. The van der Waals surface area contributed by atoms with Crippen LogP contribution in [-0.4, -0.2) is 50.3 Å². The molecule has 28 heavy (non-hydrogen) atoms. The average molecular weight is 384 g/mol. The third-order valence-electron chi connectivity index (χ3n) is 3.81. The van der Waals surface area contributed by atoms with E-state index >= 15 is 0 Å². The van der Waals surface area contributed by atoms with E-state index in [1.54, 1.807) is 0 Å². The van der Waals surface area contributed by atoms with Crippen LogP contribution < -0.4 is 0 Å². The summed E-state index contributed by atoms with van der Waals surface area (Å²) in [5, 5.41) is 0. The highest BCUT2D eigenvalue weighted by Crippen LogP contribution is 2.10. The summed E-state index contributed by atoms with van der Waals surface area (Å²) in [6, 6.07) is 11.4. The molecule has 0 fully saturated rings. The van der Waals surface area contributed by atoms with E-state index in [2.05, 4.69) is 0 Å². The maximum absolute atomic E-state index is 12.0. The van der Waals surface area contributed by atoms with Crippen LogP contribution in [0.4, 0.5) is 0 Å².